The fourth-order valence-corrected chi connectivity index (χ4v) is 2.10. The molecule has 6 nitrogen and oxygen atoms in total. The van der Waals surface area contributed by atoms with Crippen molar-refractivity contribution in [2.45, 2.75) is 0 Å². The van der Waals surface area contributed by atoms with Crippen molar-refractivity contribution in [2.24, 2.45) is 5.10 Å². The number of phenolic OH excluding ortho intramolecular Hbond substituents is 1. The van der Waals surface area contributed by atoms with Crippen molar-refractivity contribution in [3.63, 3.8) is 0 Å². The standard InChI is InChI=1S/C17H13N3O3/c21-14-7-5-11(6-8-14)17(23)20-18-10-13-9-12-3-1-2-4-15(12)19-16(13)22/h1-10,21H,(H,19,22)(H,20,23)/b18-10-. The fraction of sp³-hybridized carbons (Fsp3) is 0. The van der Waals surface area contributed by atoms with Gasteiger partial charge in [0.1, 0.15) is 5.75 Å². The summed E-state index contributed by atoms with van der Waals surface area (Å²) in [6.07, 6.45) is 1.30. The van der Waals surface area contributed by atoms with Crippen LogP contribution in [-0.2, 0) is 0 Å². The average Bonchev–Trinajstić information content (AvgIpc) is 2.56. The molecule has 0 saturated carbocycles. The molecule has 1 amide bonds. The SMILES string of the molecule is O=C(N/N=C\c1cc2ccccc2[nH]c1=O)c1ccc(O)cc1. The van der Waals surface area contributed by atoms with E-state index >= 15 is 0 Å². The molecule has 2 aromatic carbocycles. The van der Waals surface area contributed by atoms with Crippen molar-refractivity contribution in [1.82, 2.24) is 10.4 Å². The van der Waals surface area contributed by atoms with Gasteiger partial charge in [-0.2, -0.15) is 5.10 Å². The van der Waals surface area contributed by atoms with Gasteiger partial charge >= 0.3 is 0 Å². The van der Waals surface area contributed by atoms with Crippen LogP contribution in [0.15, 0.2) is 64.5 Å². The summed E-state index contributed by atoms with van der Waals surface area (Å²) in [7, 11) is 0. The minimum atomic E-state index is -0.432. The zero-order valence-corrected chi connectivity index (χ0v) is 12.0. The molecule has 1 heterocycles. The molecule has 3 N–H and O–H groups in total. The van der Waals surface area contributed by atoms with Gasteiger partial charge < -0.3 is 10.1 Å². The molecule has 0 aliphatic rings. The number of nitrogens with one attached hydrogen (secondary N) is 2. The van der Waals surface area contributed by atoms with Crippen LogP contribution in [0.25, 0.3) is 10.9 Å². The number of hydrazone groups is 1. The average molecular weight is 307 g/mol. The summed E-state index contributed by atoms with van der Waals surface area (Å²) in [5.41, 5.74) is 3.49. The molecule has 0 saturated heterocycles. The van der Waals surface area contributed by atoms with Crippen LogP contribution in [0.2, 0.25) is 0 Å². The van der Waals surface area contributed by atoms with E-state index in [1.165, 1.54) is 30.5 Å². The van der Waals surface area contributed by atoms with Crippen molar-refractivity contribution >= 4 is 23.0 Å². The zero-order valence-electron chi connectivity index (χ0n) is 12.0. The van der Waals surface area contributed by atoms with Crippen molar-refractivity contribution in [2.75, 3.05) is 0 Å². The van der Waals surface area contributed by atoms with Gasteiger partial charge in [-0.05, 0) is 41.8 Å². The first-order valence-electron chi connectivity index (χ1n) is 6.88. The minimum absolute atomic E-state index is 0.0766. The molecule has 0 spiro atoms. The number of amides is 1. The van der Waals surface area contributed by atoms with Gasteiger partial charge in [-0.15, -0.1) is 0 Å². The summed E-state index contributed by atoms with van der Waals surface area (Å²) in [5, 5.41) is 13.9. The Kier molecular flexibility index (Phi) is 3.88. The summed E-state index contributed by atoms with van der Waals surface area (Å²) in [5.74, 6) is -0.355. The number of para-hydroxylation sites is 1. The highest BCUT2D eigenvalue weighted by atomic mass is 16.3. The number of carbonyl (C=O) groups excluding carboxylic acids is 1. The number of aromatic hydroxyl groups is 1. The normalized spacial score (nSPS) is 11.0. The van der Waals surface area contributed by atoms with Crippen LogP contribution < -0.4 is 11.0 Å². The highest BCUT2D eigenvalue weighted by Crippen LogP contribution is 2.10. The van der Waals surface area contributed by atoms with Gasteiger partial charge in [-0.25, -0.2) is 5.43 Å². The Bertz CT molecular complexity index is 943. The second-order valence-electron chi connectivity index (χ2n) is 4.89. The predicted molar refractivity (Wildman–Crippen MR) is 87.7 cm³/mol. The van der Waals surface area contributed by atoms with Crippen LogP contribution in [0.4, 0.5) is 0 Å². The Labute approximate surface area is 131 Å². The number of rotatable bonds is 3. The molecule has 3 rings (SSSR count). The van der Waals surface area contributed by atoms with Crippen LogP contribution >= 0.6 is 0 Å². The molecule has 0 unspecified atom stereocenters. The molecule has 0 fully saturated rings. The first-order chi connectivity index (χ1) is 11.1. The molecule has 3 aromatic rings. The summed E-state index contributed by atoms with van der Waals surface area (Å²) < 4.78 is 0. The highest BCUT2D eigenvalue weighted by molar-refractivity contribution is 5.95. The van der Waals surface area contributed by atoms with Gasteiger partial charge in [-0.1, -0.05) is 18.2 Å². The Morgan fingerprint density at radius 2 is 1.87 bits per heavy atom. The van der Waals surface area contributed by atoms with Gasteiger partial charge in [0.25, 0.3) is 11.5 Å². The van der Waals surface area contributed by atoms with E-state index in [4.69, 9.17) is 0 Å². The third kappa shape index (κ3) is 3.26. The third-order valence-electron chi connectivity index (χ3n) is 3.28. The molecule has 0 aliphatic carbocycles. The van der Waals surface area contributed by atoms with Crippen LogP contribution in [0.5, 0.6) is 5.75 Å². The number of fused-ring (bicyclic) bond motifs is 1. The monoisotopic (exact) mass is 307 g/mol. The van der Waals surface area contributed by atoms with E-state index in [-0.39, 0.29) is 11.3 Å². The highest BCUT2D eigenvalue weighted by Gasteiger charge is 2.04. The molecule has 6 heteroatoms. The van der Waals surface area contributed by atoms with E-state index in [2.05, 4.69) is 15.5 Å². The van der Waals surface area contributed by atoms with Crippen LogP contribution in [-0.4, -0.2) is 22.2 Å². The molecule has 23 heavy (non-hydrogen) atoms. The summed E-state index contributed by atoms with van der Waals surface area (Å²) >= 11 is 0. The van der Waals surface area contributed by atoms with Gasteiger partial charge in [0, 0.05) is 11.1 Å². The lowest BCUT2D eigenvalue weighted by Crippen LogP contribution is -2.19. The number of benzene rings is 2. The maximum absolute atomic E-state index is 11.9. The van der Waals surface area contributed by atoms with E-state index in [1.807, 2.05) is 24.3 Å². The van der Waals surface area contributed by atoms with E-state index in [1.54, 1.807) is 6.07 Å². The van der Waals surface area contributed by atoms with Crippen molar-refractivity contribution in [1.29, 1.82) is 0 Å². The number of pyridine rings is 1. The molecule has 114 valence electrons. The van der Waals surface area contributed by atoms with E-state index in [0.717, 1.165) is 10.9 Å². The number of phenols is 1. The van der Waals surface area contributed by atoms with E-state index in [9.17, 15) is 14.7 Å². The molecular formula is C17H13N3O3. The predicted octanol–water partition coefficient (Wildman–Crippen LogP) is 2.00. The van der Waals surface area contributed by atoms with Crippen molar-refractivity contribution < 1.29 is 9.90 Å². The number of H-pyrrole nitrogens is 1. The molecule has 0 bridgehead atoms. The smallest absolute Gasteiger partial charge is 0.271 e. The van der Waals surface area contributed by atoms with Gasteiger partial charge in [0.05, 0.1) is 11.8 Å². The summed E-state index contributed by atoms with van der Waals surface area (Å²) in [4.78, 5) is 26.5. The minimum Gasteiger partial charge on any atom is -0.508 e. The van der Waals surface area contributed by atoms with Gasteiger partial charge in [0.15, 0.2) is 0 Å². The Morgan fingerprint density at radius 3 is 2.65 bits per heavy atom. The summed E-state index contributed by atoms with van der Waals surface area (Å²) in [6, 6.07) is 14.9. The Balaban J connectivity index is 1.77. The molecule has 0 radical (unpaired) electrons. The number of aromatic nitrogens is 1. The van der Waals surface area contributed by atoms with Crippen LogP contribution in [0.3, 0.4) is 0 Å². The lowest BCUT2D eigenvalue weighted by molar-refractivity contribution is 0.0955. The lowest BCUT2D eigenvalue weighted by Gasteiger charge is -2.01. The quantitative estimate of drug-likeness (QED) is 0.510. The Hall–Kier alpha value is -3.41. The van der Waals surface area contributed by atoms with Crippen molar-refractivity contribution in [3.05, 3.63) is 76.1 Å². The van der Waals surface area contributed by atoms with Crippen LogP contribution in [0.1, 0.15) is 15.9 Å². The second-order valence-corrected chi connectivity index (χ2v) is 4.89. The topological polar surface area (TPSA) is 94.5 Å². The van der Waals surface area contributed by atoms with Gasteiger partial charge in [0.2, 0.25) is 0 Å². The fourth-order valence-electron chi connectivity index (χ4n) is 2.10. The second kappa shape index (κ2) is 6.15. The van der Waals surface area contributed by atoms with E-state index < -0.39 is 5.91 Å². The number of hydrogen-bond acceptors (Lipinski definition) is 4. The van der Waals surface area contributed by atoms with Crippen LogP contribution in [0, 0.1) is 0 Å². The maximum Gasteiger partial charge on any atom is 0.271 e. The third-order valence-corrected chi connectivity index (χ3v) is 3.28. The number of nitrogens with zero attached hydrogens (tertiary/aromatic N) is 1. The lowest BCUT2D eigenvalue weighted by atomic mass is 10.2. The molecule has 0 atom stereocenters. The summed E-state index contributed by atoms with van der Waals surface area (Å²) in [6.45, 7) is 0. The van der Waals surface area contributed by atoms with Crippen molar-refractivity contribution in [3.8, 4) is 5.75 Å². The molecule has 1 aromatic heterocycles. The Morgan fingerprint density at radius 1 is 1.13 bits per heavy atom. The first kappa shape index (κ1) is 14.5. The van der Waals surface area contributed by atoms with E-state index in [0.29, 0.717) is 11.1 Å². The number of carbonyl (C=O) groups is 1. The maximum atomic E-state index is 11.9. The number of hydrogen-bond donors (Lipinski definition) is 3. The molecule has 0 aliphatic heterocycles. The number of aromatic amines is 1. The van der Waals surface area contributed by atoms with Gasteiger partial charge in [-0.3, -0.25) is 9.59 Å². The first-order valence-corrected chi connectivity index (χ1v) is 6.88. The molecular weight excluding hydrogens is 294 g/mol. The largest absolute Gasteiger partial charge is 0.508 e. The zero-order chi connectivity index (χ0) is 16.2.